The number of carbonyl (C=O) groups is 1. The van der Waals surface area contributed by atoms with Crippen molar-refractivity contribution in [2.24, 2.45) is 5.92 Å². The topological polar surface area (TPSA) is 92.8 Å². The molecular weight excluding hydrogens is 306 g/mol. The van der Waals surface area contributed by atoms with Crippen molar-refractivity contribution in [1.82, 2.24) is 14.8 Å². The molecule has 24 heavy (non-hydrogen) atoms. The quantitative estimate of drug-likeness (QED) is 0.867. The van der Waals surface area contributed by atoms with Crippen LogP contribution in [0, 0.1) is 17.2 Å². The number of nitrogens with zero attached hydrogens (tertiary/aromatic N) is 4. The Morgan fingerprint density at radius 1 is 1.42 bits per heavy atom. The Hall–Kier alpha value is -2.88. The second-order valence-electron chi connectivity index (χ2n) is 5.88. The van der Waals surface area contributed by atoms with Crippen molar-refractivity contribution < 1.29 is 9.53 Å². The molecule has 0 unspecified atom stereocenters. The van der Waals surface area contributed by atoms with Crippen molar-refractivity contribution in [2.45, 2.75) is 31.7 Å². The van der Waals surface area contributed by atoms with Gasteiger partial charge in [0.1, 0.15) is 6.07 Å². The lowest BCUT2D eigenvalue weighted by Crippen LogP contribution is -2.29. The summed E-state index contributed by atoms with van der Waals surface area (Å²) in [6, 6.07) is 5.87. The molecule has 3 rings (SSSR count). The number of aromatic nitrogens is 3. The van der Waals surface area contributed by atoms with Gasteiger partial charge in [-0.05, 0) is 37.8 Å². The molecule has 1 saturated carbocycles. The van der Waals surface area contributed by atoms with Crippen LogP contribution in [0.4, 0.5) is 5.69 Å². The highest BCUT2D eigenvalue weighted by molar-refractivity contribution is 5.72. The Balaban J connectivity index is 1.63. The molecule has 0 saturated heterocycles. The zero-order chi connectivity index (χ0) is 16.9. The summed E-state index contributed by atoms with van der Waals surface area (Å²) >= 11 is 0. The van der Waals surface area contributed by atoms with Crippen LogP contribution >= 0.6 is 0 Å². The molecule has 0 aromatic carbocycles. The first-order valence-electron chi connectivity index (χ1n) is 7.95. The van der Waals surface area contributed by atoms with Crippen LogP contribution < -0.4 is 5.32 Å². The number of hydrogen-bond acceptors (Lipinski definition) is 6. The molecule has 0 amide bonds. The Labute approximate surface area is 140 Å². The van der Waals surface area contributed by atoms with Gasteiger partial charge in [0.15, 0.2) is 5.82 Å². The van der Waals surface area contributed by atoms with E-state index in [9.17, 15) is 4.79 Å². The highest BCUT2D eigenvalue weighted by Gasteiger charge is 2.26. The maximum Gasteiger partial charge on any atom is 0.308 e. The summed E-state index contributed by atoms with van der Waals surface area (Å²) in [4.78, 5) is 15.8. The lowest BCUT2D eigenvalue weighted by molar-refractivity contribution is -0.146. The molecule has 2 aromatic heterocycles. The summed E-state index contributed by atoms with van der Waals surface area (Å²) in [7, 11) is 1.44. The minimum Gasteiger partial charge on any atom is -0.469 e. The first kappa shape index (κ1) is 16.0. The van der Waals surface area contributed by atoms with Gasteiger partial charge in [0.25, 0.3) is 0 Å². The average molecular weight is 325 g/mol. The van der Waals surface area contributed by atoms with Crippen LogP contribution in [0.5, 0.6) is 0 Å². The Morgan fingerprint density at radius 3 is 2.92 bits per heavy atom. The Kier molecular flexibility index (Phi) is 4.75. The molecule has 124 valence electrons. The zero-order valence-corrected chi connectivity index (χ0v) is 13.5. The van der Waals surface area contributed by atoms with Crippen LogP contribution in [0.1, 0.15) is 31.2 Å². The van der Waals surface area contributed by atoms with Gasteiger partial charge in [-0.15, -0.1) is 0 Å². The number of carbonyl (C=O) groups excluding carboxylic acids is 1. The largest absolute Gasteiger partial charge is 0.469 e. The molecular formula is C17H19N5O2. The maximum atomic E-state index is 11.6. The number of esters is 1. The smallest absolute Gasteiger partial charge is 0.308 e. The minimum absolute atomic E-state index is 0.0162. The van der Waals surface area contributed by atoms with Gasteiger partial charge in [-0.3, -0.25) is 4.79 Å². The fourth-order valence-electron chi connectivity index (χ4n) is 3.06. The lowest BCUT2D eigenvalue weighted by Gasteiger charge is -2.27. The first-order chi connectivity index (χ1) is 11.7. The number of anilines is 1. The first-order valence-corrected chi connectivity index (χ1v) is 7.95. The fourth-order valence-corrected chi connectivity index (χ4v) is 3.06. The molecule has 7 nitrogen and oxygen atoms in total. The molecule has 0 aliphatic heterocycles. The van der Waals surface area contributed by atoms with E-state index in [-0.39, 0.29) is 11.9 Å². The van der Waals surface area contributed by atoms with Gasteiger partial charge in [-0.25, -0.2) is 9.67 Å². The second-order valence-corrected chi connectivity index (χ2v) is 5.88. The third kappa shape index (κ3) is 3.38. The van der Waals surface area contributed by atoms with E-state index in [0.717, 1.165) is 31.4 Å². The molecule has 1 N–H and O–H groups in total. The molecule has 1 aliphatic rings. The van der Waals surface area contributed by atoms with Crippen molar-refractivity contribution in [2.75, 3.05) is 12.4 Å². The van der Waals surface area contributed by atoms with Gasteiger partial charge < -0.3 is 10.1 Å². The van der Waals surface area contributed by atoms with E-state index < -0.39 is 0 Å². The molecule has 7 heteroatoms. The summed E-state index contributed by atoms with van der Waals surface area (Å²) < 4.78 is 6.41. The zero-order valence-electron chi connectivity index (χ0n) is 13.5. The molecule has 1 fully saturated rings. The van der Waals surface area contributed by atoms with E-state index in [4.69, 9.17) is 10.00 Å². The molecule has 1 aliphatic carbocycles. The summed E-state index contributed by atoms with van der Waals surface area (Å²) in [5, 5.41) is 16.9. The van der Waals surface area contributed by atoms with E-state index in [1.54, 1.807) is 29.2 Å². The second kappa shape index (κ2) is 7.13. The molecule has 0 bridgehead atoms. The highest BCUT2D eigenvalue weighted by Crippen LogP contribution is 2.27. The van der Waals surface area contributed by atoms with Gasteiger partial charge in [-0.1, -0.05) is 0 Å². The number of methoxy groups -OCH3 is 1. The van der Waals surface area contributed by atoms with E-state index in [2.05, 4.69) is 21.5 Å². The van der Waals surface area contributed by atoms with Gasteiger partial charge >= 0.3 is 5.97 Å². The van der Waals surface area contributed by atoms with Crippen LogP contribution in [-0.4, -0.2) is 33.9 Å². The Bertz CT molecular complexity index is 756. The van der Waals surface area contributed by atoms with Crippen LogP contribution in [-0.2, 0) is 9.53 Å². The number of nitrogens with one attached hydrogen (secondary N) is 1. The van der Waals surface area contributed by atoms with Crippen molar-refractivity contribution in [1.29, 1.82) is 5.26 Å². The predicted octanol–water partition coefficient (Wildman–Crippen LogP) is 2.28. The normalized spacial score (nSPS) is 20.2. The van der Waals surface area contributed by atoms with E-state index in [1.807, 2.05) is 6.20 Å². The standard InChI is InChI=1S/C17H19N5O2/c1-24-17(23)12-4-6-14(7-5-12)21-15-10-20-22(11-15)16-13(9-18)3-2-8-19-16/h2-3,8,10-12,14,21H,4-7H2,1H3. The maximum absolute atomic E-state index is 11.6. The molecule has 2 aromatic rings. The van der Waals surface area contributed by atoms with Crippen LogP contribution in [0.25, 0.3) is 5.82 Å². The monoisotopic (exact) mass is 325 g/mol. The van der Waals surface area contributed by atoms with E-state index >= 15 is 0 Å². The highest BCUT2D eigenvalue weighted by atomic mass is 16.5. The number of hydrogen-bond donors (Lipinski definition) is 1. The fraction of sp³-hybridized carbons (Fsp3) is 0.412. The van der Waals surface area contributed by atoms with Gasteiger partial charge in [-0.2, -0.15) is 10.4 Å². The van der Waals surface area contributed by atoms with Gasteiger partial charge in [0, 0.05) is 12.2 Å². The van der Waals surface area contributed by atoms with E-state index in [0.29, 0.717) is 17.4 Å². The van der Waals surface area contributed by atoms with E-state index in [1.165, 1.54) is 7.11 Å². The van der Waals surface area contributed by atoms with Crippen LogP contribution in [0.3, 0.4) is 0 Å². The van der Waals surface area contributed by atoms with Gasteiger partial charge in [0.05, 0.1) is 36.7 Å². The summed E-state index contributed by atoms with van der Waals surface area (Å²) in [6.45, 7) is 0. The number of rotatable bonds is 4. The molecule has 0 atom stereocenters. The van der Waals surface area contributed by atoms with Crippen molar-refractivity contribution in [3.63, 3.8) is 0 Å². The lowest BCUT2D eigenvalue weighted by atomic mass is 9.86. The van der Waals surface area contributed by atoms with Crippen molar-refractivity contribution in [3.05, 3.63) is 36.3 Å². The summed E-state index contributed by atoms with van der Waals surface area (Å²) in [6.07, 6.45) is 8.68. The van der Waals surface area contributed by atoms with Crippen molar-refractivity contribution >= 4 is 11.7 Å². The third-order valence-electron chi connectivity index (χ3n) is 4.34. The van der Waals surface area contributed by atoms with Crippen LogP contribution in [0.15, 0.2) is 30.7 Å². The predicted molar refractivity (Wildman–Crippen MR) is 87.5 cm³/mol. The summed E-state index contributed by atoms with van der Waals surface area (Å²) in [5.74, 6) is 0.422. The minimum atomic E-state index is -0.111. The molecule has 0 radical (unpaired) electrons. The molecule has 0 spiro atoms. The Morgan fingerprint density at radius 2 is 2.21 bits per heavy atom. The number of ether oxygens (including phenoxy) is 1. The van der Waals surface area contributed by atoms with Crippen molar-refractivity contribution in [3.8, 4) is 11.9 Å². The average Bonchev–Trinajstić information content (AvgIpc) is 3.10. The number of nitriles is 1. The molecule has 2 heterocycles. The summed E-state index contributed by atoms with van der Waals surface area (Å²) in [5.41, 5.74) is 1.36. The SMILES string of the molecule is COC(=O)C1CCC(Nc2cnn(-c3ncccc3C#N)c2)CC1. The third-order valence-corrected chi connectivity index (χ3v) is 4.34. The number of pyridine rings is 1. The van der Waals surface area contributed by atoms with Gasteiger partial charge in [0.2, 0.25) is 0 Å². The van der Waals surface area contributed by atoms with Crippen LogP contribution in [0.2, 0.25) is 0 Å².